The molecule has 0 radical (unpaired) electrons. The van der Waals surface area contributed by atoms with Crippen molar-refractivity contribution in [2.24, 2.45) is 0 Å². The van der Waals surface area contributed by atoms with Crippen molar-refractivity contribution in [3.63, 3.8) is 0 Å². The smallest absolute Gasteiger partial charge is 0.161 e. The minimum Gasteiger partial charge on any atom is -0.354 e. The number of aromatic nitrogens is 3. The summed E-state index contributed by atoms with van der Waals surface area (Å²) in [6.07, 6.45) is 3.73. The fraction of sp³-hybridized carbons (Fsp3) is 0.235. The number of para-hydroxylation sites is 1. The number of pyridine rings is 1. The van der Waals surface area contributed by atoms with Crippen molar-refractivity contribution in [2.45, 2.75) is 0 Å². The number of anilines is 1. The van der Waals surface area contributed by atoms with Crippen molar-refractivity contribution in [3.8, 4) is 11.4 Å². The van der Waals surface area contributed by atoms with E-state index in [-0.39, 0.29) is 0 Å². The number of rotatable bonds is 2. The highest BCUT2D eigenvalue weighted by Crippen LogP contribution is 2.20. The summed E-state index contributed by atoms with van der Waals surface area (Å²) in [7, 11) is 0. The van der Waals surface area contributed by atoms with Crippen LogP contribution >= 0.6 is 0 Å². The largest absolute Gasteiger partial charge is 0.354 e. The van der Waals surface area contributed by atoms with Crippen molar-refractivity contribution >= 4 is 16.7 Å². The van der Waals surface area contributed by atoms with Crippen molar-refractivity contribution in [1.29, 1.82) is 0 Å². The maximum absolute atomic E-state index is 4.61. The predicted molar refractivity (Wildman–Crippen MR) is 87.9 cm³/mol. The van der Waals surface area contributed by atoms with Crippen molar-refractivity contribution in [2.75, 3.05) is 31.1 Å². The van der Waals surface area contributed by atoms with Gasteiger partial charge < -0.3 is 10.2 Å². The number of fused-ring (bicyclic) bond motifs is 1. The van der Waals surface area contributed by atoms with E-state index in [2.05, 4.69) is 37.3 Å². The fourth-order valence-electron chi connectivity index (χ4n) is 2.71. The Bertz CT molecular complexity index is 778. The maximum Gasteiger partial charge on any atom is 0.161 e. The molecule has 0 spiro atoms. The summed E-state index contributed by atoms with van der Waals surface area (Å²) in [5.74, 6) is 1.74. The molecule has 110 valence electrons. The normalized spacial score (nSPS) is 15.2. The van der Waals surface area contributed by atoms with Crippen LogP contribution < -0.4 is 10.2 Å². The second kappa shape index (κ2) is 5.69. The van der Waals surface area contributed by atoms with Crippen LogP contribution in [-0.2, 0) is 0 Å². The van der Waals surface area contributed by atoms with Crippen LogP contribution in [0.3, 0.4) is 0 Å². The molecule has 5 heteroatoms. The first-order valence-corrected chi connectivity index (χ1v) is 7.54. The second-order valence-corrected chi connectivity index (χ2v) is 5.39. The van der Waals surface area contributed by atoms with E-state index in [1.54, 1.807) is 0 Å². The van der Waals surface area contributed by atoms with Gasteiger partial charge in [-0.15, -0.1) is 0 Å². The molecule has 1 N–H and O–H groups in total. The van der Waals surface area contributed by atoms with E-state index in [1.165, 1.54) is 0 Å². The van der Waals surface area contributed by atoms with E-state index in [4.69, 9.17) is 0 Å². The minimum atomic E-state index is 0.720. The lowest BCUT2D eigenvalue weighted by molar-refractivity contribution is 0.585. The monoisotopic (exact) mass is 291 g/mol. The molecule has 0 amide bonds. The Balaban J connectivity index is 1.63. The van der Waals surface area contributed by atoms with Gasteiger partial charge in [-0.2, -0.15) is 0 Å². The van der Waals surface area contributed by atoms with Gasteiger partial charge in [-0.25, -0.2) is 15.0 Å². The summed E-state index contributed by atoms with van der Waals surface area (Å²) in [6.45, 7) is 4.02. The van der Waals surface area contributed by atoms with E-state index in [0.29, 0.717) is 0 Å². The number of piperazine rings is 1. The molecular formula is C17H17N5. The summed E-state index contributed by atoms with van der Waals surface area (Å²) in [5.41, 5.74) is 1.91. The molecule has 1 saturated heterocycles. The Morgan fingerprint density at radius 1 is 0.909 bits per heavy atom. The average molecular weight is 291 g/mol. The van der Waals surface area contributed by atoms with Crippen LogP contribution in [0.25, 0.3) is 22.3 Å². The molecule has 1 aliphatic heterocycles. The third kappa shape index (κ3) is 2.51. The molecule has 4 rings (SSSR count). The zero-order chi connectivity index (χ0) is 14.8. The Hall–Kier alpha value is -2.53. The van der Waals surface area contributed by atoms with E-state index >= 15 is 0 Å². The molecule has 0 bridgehead atoms. The number of benzene rings is 1. The van der Waals surface area contributed by atoms with Crippen LogP contribution in [0.4, 0.5) is 5.82 Å². The van der Waals surface area contributed by atoms with Crippen LogP contribution in [0.5, 0.6) is 0 Å². The van der Waals surface area contributed by atoms with Gasteiger partial charge in [0.2, 0.25) is 0 Å². The average Bonchev–Trinajstić information content (AvgIpc) is 2.62. The minimum absolute atomic E-state index is 0.720. The highest BCUT2D eigenvalue weighted by molar-refractivity contribution is 5.79. The van der Waals surface area contributed by atoms with Gasteiger partial charge >= 0.3 is 0 Å². The zero-order valence-electron chi connectivity index (χ0n) is 12.2. The van der Waals surface area contributed by atoms with Gasteiger partial charge in [-0.05, 0) is 18.2 Å². The second-order valence-electron chi connectivity index (χ2n) is 5.39. The van der Waals surface area contributed by atoms with Gasteiger partial charge in [0.25, 0.3) is 0 Å². The molecule has 5 nitrogen and oxygen atoms in total. The first-order chi connectivity index (χ1) is 10.9. The van der Waals surface area contributed by atoms with Crippen molar-refractivity contribution in [3.05, 3.63) is 48.8 Å². The lowest BCUT2D eigenvalue weighted by Crippen LogP contribution is -2.43. The zero-order valence-corrected chi connectivity index (χ0v) is 12.2. The first kappa shape index (κ1) is 13.2. The quantitative estimate of drug-likeness (QED) is 0.783. The Kier molecular flexibility index (Phi) is 3.40. The molecule has 22 heavy (non-hydrogen) atoms. The molecule has 1 aromatic carbocycles. The number of hydrogen-bond acceptors (Lipinski definition) is 5. The molecule has 0 aliphatic carbocycles. The summed E-state index contributed by atoms with van der Waals surface area (Å²) in [5, 5.41) is 4.40. The van der Waals surface area contributed by atoms with Crippen LogP contribution in [-0.4, -0.2) is 41.1 Å². The molecule has 0 saturated carbocycles. The van der Waals surface area contributed by atoms with Crippen LogP contribution in [0.1, 0.15) is 0 Å². The lowest BCUT2D eigenvalue weighted by atomic mass is 10.2. The summed E-state index contributed by atoms with van der Waals surface area (Å²) in [4.78, 5) is 15.9. The molecule has 1 aliphatic rings. The number of nitrogens with one attached hydrogen (secondary N) is 1. The van der Waals surface area contributed by atoms with Gasteiger partial charge in [-0.1, -0.05) is 18.2 Å². The van der Waals surface area contributed by atoms with E-state index in [0.717, 1.165) is 54.3 Å². The van der Waals surface area contributed by atoms with E-state index < -0.39 is 0 Å². The number of nitrogens with zero attached hydrogens (tertiary/aromatic N) is 4. The van der Waals surface area contributed by atoms with Gasteiger partial charge in [0, 0.05) is 49.5 Å². The third-order valence-corrected chi connectivity index (χ3v) is 3.94. The van der Waals surface area contributed by atoms with E-state index in [1.807, 2.05) is 36.7 Å². The van der Waals surface area contributed by atoms with Crippen LogP contribution in [0.15, 0.2) is 48.8 Å². The van der Waals surface area contributed by atoms with Crippen LogP contribution in [0, 0.1) is 0 Å². The third-order valence-electron chi connectivity index (χ3n) is 3.94. The topological polar surface area (TPSA) is 53.9 Å². The van der Waals surface area contributed by atoms with Gasteiger partial charge in [0.05, 0.1) is 5.52 Å². The fourth-order valence-corrected chi connectivity index (χ4v) is 2.71. The maximum atomic E-state index is 4.61. The molecule has 1 fully saturated rings. The predicted octanol–water partition coefficient (Wildman–Crippen LogP) is 2.10. The summed E-state index contributed by atoms with van der Waals surface area (Å²) >= 11 is 0. The molecule has 2 aromatic heterocycles. The van der Waals surface area contributed by atoms with Crippen LogP contribution in [0.2, 0.25) is 0 Å². The van der Waals surface area contributed by atoms with Crippen molar-refractivity contribution in [1.82, 2.24) is 20.3 Å². The highest BCUT2D eigenvalue weighted by Gasteiger charge is 2.12. The highest BCUT2D eigenvalue weighted by atomic mass is 15.2. The Morgan fingerprint density at radius 2 is 1.77 bits per heavy atom. The van der Waals surface area contributed by atoms with Gasteiger partial charge in [0.15, 0.2) is 5.82 Å². The lowest BCUT2D eigenvalue weighted by Gasteiger charge is -2.28. The SMILES string of the molecule is c1ccc2nc(-c3ccc(N4CCNCC4)nc3)ncc2c1. The molecule has 0 atom stereocenters. The molecule has 3 heterocycles. The number of hydrogen-bond donors (Lipinski definition) is 1. The summed E-state index contributed by atoms with van der Waals surface area (Å²) < 4.78 is 0. The Labute approximate surface area is 129 Å². The Morgan fingerprint density at radius 3 is 2.59 bits per heavy atom. The molecular weight excluding hydrogens is 274 g/mol. The van der Waals surface area contributed by atoms with Crippen molar-refractivity contribution < 1.29 is 0 Å². The van der Waals surface area contributed by atoms with Gasteiger partial charge in [-0.3, -0.25) is 0 Å². The molecule has 3 aromatic rings. The first-order valence-electron chi connectivity index (χ1n) is 7.54. The summed E-state index contributed by atoms with van der Waals surface area (Å²) in [6, 6.07) is 12.1. The van der Waals surface area contributed by atoms with E-state index in [9.17, 15) is 0 Å². The van der Waals surface area contributed by atoms with Gasteiger partial charge in [0.1, 0.15) is 5.82 Å². The standard InChI is InChI=1S/C17H17N5/c1-2-4-15-13(3-1)11-20-17(21-15)14-5-6-16(19-12-14)22-9-7-18-8-10-22/h1-6,11-12,18H,7-10H2. The molecule has 0 unspecified atom stereocenters.